The van der Waals surface area contributed by atoms with Crippen LogP contribution in [0.4, 0.5) is 0 Å². The maximum Gasteiger partial charge on any atom is 0.324 e. The molecule has 0 spiro atoms. The average molecular weight is 402 g/mol. The van der Waals surface area contributed by atoms with Gasteiger partial charge in [-0.15, -0.1) is 0 Å². The third-order valence-corrected chi connectivity index (χ3v) is 6.84. The van der Waals surface area contributed by atoms with Crippen molar-refractivity contribution in [2.75, 3.05) is 7.11 Å². The molecule has 2 aliphatic rings. The number of carbonyl (C=O) groups excluding carboxylic acids is 3. The Morgan fingerprint density at radius 2 is 2.04 bits per heavy atom. The number of esters is 1. The Kier molecular flexibility index (Phi) is 3.82. The number of aromatic nitrogens is 1. The van der Waals surface area contributed by atoms with Crippen molar-refractivity contribution in [2.45, 2.75) is 31.1 Å². The number of ketones is 2. The summed E-state index contributed by atoms with van der Waals surface area (Å²) >= 11 is 6.69. The minimum Gasteiger partial charge on any atom is -0.515 e. The number of aliphatic hydroxyl groups is 1. The first-order valence-corrected chi connectivity index (χ1v) is 9.30. The molecule has 0 aliphatic heterocycles. The number of nitrogens with zero attached hydrogens (tertiary/aromatic N) is 1. The van der Waals surface area contributed by atoms with E-state index < -0.39 is 34.3 Å². The molecular formula is C21H20ClNO5. The summed E-state index contributed by atoms with van der Waals surface area (Å²) in [7, 11) is 3.02. The van der Waals surface area contributed by atoms with Crippen LogP contribution in [-0.4, -0.2) is 34.3 Å². The molecule has 146 valence electrons. The first-order valence-electron chi connectivity index (χ1n) is 8.92. The summed E-state index contributed by atoms with van der Waals surface area (Å²) in [4.78, 5) is 39.8. The predicted octanol–water partition coefficient (Wildman–Crippen LogP) is 3.13. The number of benzene rings is 1. The Hall–Kier alpha value is -2.60. The number of hydrogen-bond acceptors (Lipinski definition) is 5. The van der Waals surface area contributed by atoms with Gasteiger partial charge in [-0.2, -0.15) is 0 Å². The average Bonchev–Trinajstić information content (AvgIpc) is 2.91. The minimum absolute atomic E-state index is 0.00426. The Labute approximate surface area is 166 Å². The van der Waals surface area contributed by atoms with Gasteiger partial charge in [-0.25, -0.2) is 0 Å². The van der Waals surface area contributed by atoms with Gasteiger partial charge in [0.2, 0.25) is 0 Å². The van der Waals surface area contributed by atoms with E-state index in [0.29, 0.717) is 27.9 Å². The van der Waals surface area contributed by atoms with Gasteiger partial charge in [0.1, 0.15) is 5.15 Å². The Balaban J connectivity index is 2.28. The lowest BCUT2D eigenvalue weighted by Gasteiger charge is -2.41. The summed E-state index contributed by atoms with van der Waals surface area (Å²) in [6.07, 6.45) is 0.306. The Morgan fingerprint density at radius 3 is 2.64 bits per heavy atom. The van der Waals surface area contributed by atoms with Crippen molar-refractivity contribution in [3.05, 3.63) is 46.3 Å². The zero-order valence-corrected chi connectivity index (χ0v) is 16.8. The molecule has 1 saturated carbocycles. The van der Waals surface area contributed by atoms with Gasteiger partial charge in [-0.3, -0.25) is 14.4 Å². The van der Waals surface area contributed by atoms with Crippen LogP contribution in [0, 0.1) is 5.92 Å². The van der Waals surface area contributed by atoms with Crippen molar-refractivity contribution < 1.29 is 24.2 Å². The van der Waals surface area contributed by atoms with Crippen molar-refractivity contribution in [1.82, 2.24) is 4.57 Å². The Bertz CT molecular complexity index is 1110. The lowest BCUT2D eigenvalue weighted by Crippen LogP contribution is -2.56. The van der Waals surface area contributed by atoms with Gasteiger partial charge in [0.25, 0.3) is 0 Å². The van der Waals surface area contributed by atoms with Crippen molar-refractivity contribution in [3.63, 3.8) is 0 Å². The van der Waals surface area contributed by atoms with Crippen molar-refractivity contribution >= 4 is 40.0 Å². The molecule has 0 amide bonds. The Morgan fingerprint density at radius 1 is 1.36 bits per heavy atom. The molecular weight excluding hydrogens is 382 g/mol. The van der Waals surface area contributed by atoms with Crippen LogP contribution in [0.25, 0.3) is 10.9 Å². The van der Waals surface area contributed by atoms with E-state index in [0.717, 1.165) is 5.52 Å². The van der Waals surface area contributed by atoms with E-state index in [1.54, 1.807) is 16.7 Å². The summed E-state index contributed by atoms with van der Waals surface area (Å²) in [6.45, 7) is 3.62. The quantitative estimate of drug-likeness (QED) is 0.343. The predicted molar refractivity (Wildman–Crippen MR) is 103 cm³/mol. The fourth-order valence-corrected chi connectivity index (χ4v) is 5.50. The number of rotatable bonds is 1. The molecule has 2 aromatic rings. The summed E-state index contributed by atoms with van der Waals surface area (Å²) in [5.41, 5.74) is -0.841. The monoisotopic (exact) mass is 401 g/mol. The first kappa shape index (κ1) is 18.7. The highest BCUT2D eigenvalue weighted by Crippen LogP contribution is 2.56. The smallest absolute Gasteiger partial charge is 0.324 e. The molecule has 1 aromatic heterocycles. The summed E-state index contributed by atoms with van der Waals surface area (Å²) in [6, 6.07) is 5.29. The summed E-state index contributed by atoms with van der Waals surface area (Å²) in [5.74, 6) is -2.71. The molecule has 1 fully saturated rings. The van der Waals surface area contributed by atoms with Gasteiger partial charge in [-0.1, -0.05) is 37.6 Å². The number of allylic oxidation sites excluding steroid dienone is 1. The number of Topliss-reactive ketones (excluding diaryl/α,β-unsaturated/α-hetero) is 2. The molecule has 2 atom stereocenters. The molecule has 0 unspecified atom stereocenters. The number of ether oxygens (including phenoxy) is 1. The van der Waals surface area contributed by atoms with Gasteiger partial charge in [0, 0.05) is 40.9 Å². The second-order valence-electron chi connectivity index (χ2n) is 8.02. The minimum atomic E-state index is -1.77. The second kappa shape index (κ2) is 5.70. The molecule has 0 saturated heterocycles. The topological polar surface area (TPSA) is 85.6 Å². The third-order valence-electron chi connectivity index (χ3n) is 6.39. The highest BCUT2D eigenvalue weighted by molar-refractivity contribution is 6.33. The molecule has 1 heterocycles. The van der Waals surface area contributed by atoms with Gasteiger partial charge in [0.15, 0.2) is 17.0 Å². The number of fused-ring (bicyclic) bond motifs is 3. The van der Waals surface area contributed by atoms with Gasteiger partial charge < -0.3 is 14.4 Å². The van der Waals surface area contributed by atoms with Crippen LogP contribution in [0.1, 0.15) is 31.4 Å². The molecule has 2 bridgehead atoms. The summed E-state index contributed by atoms with van der Waals surface area (Å²) < 4.78 is 6.83. The van der Waals surface area contributed by atoms with Crippen LogP contribution in [0.3, 0.4) is 0 Å². The van der Waals surface area contributed by atoms with Crippen LogP contribution < -0.4 is 0 Å². The molecule has 2 aliphatic carbocycles. The molecule has 7 heteroatoms. The number of aryl methyl sites for hydroxylation is 1. The maximum absolute atomic E-state index is 13.8. The second-order valence-corrected chi connectivity index (χ2v) is 8.38. The largest absolute Gasteiger partial charge is 0.515 e. The fraction of sp³-hybridized carbons (Fsp3) is 0.381. The zero-order chi connectivity index (χ0) is 20.6. The van der Waals surface area contributed by atoms with Crippen LogP contribution in [0.5, 0.6) is 0 Å². The number of methoxy groups -OCH3 is 1. The van der Waals surface area contributed by atoms with Crippen LogP contribution in [0.15, 0.2) is 30.0 Å². The molecule has 28 heavy (non-hydrogen) atoms. The van der Waals surface area contributed by atoms with E-state index in [1.807, 2.05) is 27.0 Å². The lowest BCUT2D eigenvalue weighted by atomic mass is 9.58. The van der Waals surface area contributed by atoms with E-state index in [4.69, 9.17) is 16.3 Å². The zero-order valence-electron chi connectivity index (χ0n) is 16.0. The van der Waals surface area contributed by atoms with Crippen molar-refractivity contribution in [2.24, 2.45) is 13.0 Å². The van der Waals surface area contributed by atoms with Crippen LogP contribution in [-0.2, 0) is 37.0 Å². The summed E-state index contributed by atoms with van der Waals surface area (Å²) in [5, 5.41) is 10.9. The van der Waals surface area contributed by atoms with Crippen LogP contribution in [0.2, 0.25) is 5.15 Å². The molecule has 1 N–H and O–H groups in total. The number of hydrogen-bond donors (Lipinski definition) is 1. The van der Waals surface area contributed by atoms with E-state index in [1.165, 1.54) is 7.11 Å². The fourth-order valence-electron chi connectivity index (χ4n) is 5.07. The number of aliphatic hydroxyl groups excluding tert-OH is 1. The van der Waals surface area contributed by atoms with E-state index >= 15 is 0 Å². The third kappa shape index (κ3) is 1.91. The molecule has 4 rings (SSSR count). The first-order chi connectivity index (χ1) is 13.1. The van der Waals surface area contributed by atoms with E-state index in [2.05, 4.69) is 0 Å². The highest BCUT2D eigenvalue weighted by atomic mass is 35.5. The molecule has 6 nitrogen and oxygen atoms in total. The van der Waals surface area contributed by atoms with Crippen molar-refractivity contribution in [3.8, 4) is 0 Å². The van der Waals surface area contributed by atoms with Crippen LogP contribution >= 0.6 is 11.6 Å². The van der Waals surface area contributed by atoms with Gasteiger partial charge in [0.05, 0.1) is 19.3 Å². The number of carbonyl (C=O) groups is 3. The normalized spacial score (nSPS) is 27.2. The highest BCUT2D eigenvalue weighted by Gasteiger charge is 2.63. The molecule has 0 radical (unpaired) electrons. The maximum atomic E-state index is 13.8. The standard InChI is InChI=1S/C21H20ClNO5/c1-20(2)15-10(9-24)13(25)8-21(17(15)26,19(27)28-4)11-6-5-7-12-14(11)16(20)18(22)23(12)3/h5-7,9,15,24H,8H2,1-4H3/b10-9+/t15-,21+/m0/s1. The van der Waals surface area contributed by atoms with E-state index in [9.17, 15) is 19.5 Å². The van der Waals surface area contributed by atoms with Gasteiger partial charge in [-0.05, 0) is 11.6 Å². The van der Waals surface area contributed by atoms with Gasteiger partial charge >= 0.3 is 5.97 Å². The lowest BCUT2D eigenvalue weighted by molar-refractivity contribution is -0.157. The number of halogens is 1. The van der Waals surface area contributed by atoms with E-state index in [-0.39, 0.29) is 12.0 Å². The van der Waals surface area contributed by atoms with Crippen molar-refractivity contribution in [1.29, 1.82) is 0 Å². The SMILES string of the molecule is COC(=O)[C@@]12CC(=O)/C(=C\O)[C@@H](C1=O)C(C)(C)c1c(Cl)n(C)c3cccc2c13. The molecule has 1 aromatic carbocycles.